The van der Waals surface area contributed by atoms with Gasteiger partial charge in [-0.25, -0.2) is 4.79 Å². The minimum Gasteiger partial charge on any atom is -0.340 e. The van der Waals surface area contributed by atoms with Crippen LogP contribution in [0.2, 0.25) is 0 Å². The van der Waals surface area contributed by atoms with E-state index in [0.717, 1.165) is 38.4 Å². The zero-order chi connectivity index (χ0) is 22.3. The molecule has 166 valence electrons. The van der Waals surface area contributed by atoms with E-state index >= 15 is 0 Å². The van der Waals surface area contributed by atoms with Crippen LogP contribution in [0.3, 0.4) is 0 Å². The van der Waals surface area contributed by atoms with E-state index in [-0.39, 0.29) is 17.9 Å². The van der Waals surface area contributed by atoms with E-state index in [1.165, 1.54) is 5.56 Å². The Morgan fingerprint density at radius 1 is 0.875 bits per heavy atom. The number of hydrogen-bond donors (Lipinski definition) is 1. The van der Waals surface area contributed by atoms with Crippen LogP contribution in [-0.4, -0.2) is 65.9 Å². The first kappa shape index (κ1) is 21.8. The van der Waals surface area contributed by atoms with E-state index in [1.54, 1.807) is 4.90 Å². The van der Waals surface area contributed by atoms with Crippen molar-refractivity contribution in [1.82, 2.24) is 14.7 Å². The lowest BCUT2D eigenvalue weighted by atomic mass is 9.95. The zero-order valence-electron chi connectivity index (χ0n) is 18.2. The third-order valence-corrected chi connectivity index (χ3v) is 6.33. The van der Waals surface area contributed by atoms with Crippen molar-refractivity contribution in [1.29, 1.82) is 5.26 Å². The van der Waals surface area contributed by atoms with Gasteiger partial charge in [0.2, 0.25) is 5.91 Å². The summed E-state index contributed by atoms with van der Waals surface area (Å²) in [6.07, 6.45) is 1.43. The average molecular weight is 432 g/mol. The number of piperidine rings is 1. The Balaban J connectivity index is 1.20. The van der Waals surface area contributed by atoms with E-state index < -0.39 is 0 Å². The summed E-state index contributed by atoms with van der Waals surface area (Å²) in [5, 5.41) is 11.8. The molecular formula is C25H29N5O2. The molecule has 0 spiro atoms. The van der Waals surface area contributed by atoms with Gasteiger partial charge in [0.25, 0.3) is 0 Å². The molecule has 0 aromatic heterocycles. The topological polar surface area (TPSA) is 79.7 Å². The molecule has 0 bridgehead atoms. The van der Waals surface area contributed by atoms with E-state index in [9.17, 15) is 9.59 Å². The number of likely N-dealkylation sites (tertiary alicyclic amines) is 1. The fraction of sp³-hybridized carbons (Fsp3) is 0.400. The molecule has 0 unspecified atom stereocenters. The number of nitrogens with one attached hydrogen (secondary N) is 1. The summed E-state index contributed by atoms with van der Waals surface area (Å²) in [6, 6.07) is 19.2. The lowest BCUT2D eigenvalue weighted by molar-refractivity contribution is -0.138. The van der Waals surface area contributed by atoms with Gasteiger partial charge in [0, 0.05) is 57.4 Å². The molecule has 0 atom stereocenters. The van der Waals surface area contributed by atoms with Crippen LogP contribution in [0.5, 0.6) is 0 Å². The molecule has 2 saturated heterocycles. The Hall–Kier alpha value is -3.37. The van der Waals surface area contributed by atoms with Crippen LogP contribution in [0.25, 0.3) is 0 Å². The molecular weight excluding hydrogens is 402 g/mol. The maximum atomic E-state index is 13.0. The van der Waals surface area contributed by atoms with E-state index in [1.807, 2.05) is 59.5 Å². The summed E-state index contributed by atoms with van der Waals surface area (Å²) in [7, 11) is 0. The molecule has 2 fully saturated rings. The summed E-state index contributed by atoms with van der Waals surface area (Å²) in [5.41, 5.74) is 2.65. The quantitative estimate of drug-likeness (QED) is 0.807. The summed E-state index contributed by atoms with van der Waals surface area (Å²) < 4.78 is 0. The maximum Gasteiger partial charge on any atom is 0.321 e. The smallest absolute Gasteiger partial charge is 0.321 e. The monoisotopic (exact) mass is 431 g/mol. The Morgan fingerprint density at radius 2 is 1.53 bits per heavy atom. The normalized spacial score (nSPS) is 17.6. The summed E-state index contributed by atoms with van der Waals surface area (Å²) in [6.45, 7) is 5.23. The molecule has 0 radical (unpaired) electrons. The van der Waals surface area contributed by atoms with Crippen molar-refractivity contribution in [3.8, 4) is 6.07 Å². The number of benzene rings is 2. The van der Waals surface area contributed by atoms with E-state index in [0.29, 0.717) is 31.5 Å². The largest absolute Gasteiger partial charge is 0.340 e. The maximum absolute atomic E-state index is 13.0. The van der Waals surface area contributed by atoms with Crippen molar-refractivity contribution in [2.75, 3.05) is 44.6 Å². The number of piperazine rings is 1. The predicted octanol–water partition coefficient (Wildman–Crippen LogP) is 3.15. The fourth-order valence-corrected chi connectivity index (χ4v) is 4.38. The first-order valence-electron chi connectivity index (χ1n) is 11.2. The second kappa shape index (κ2) is 10.3. The first-order valence-corrected chi connectivity index (χ1v) is 11.2. The van der Waals surface area contributed by atoms with Gasteiger partial charge in [-0.15, -0.1) is 0 Å². The molecule has 2 aromatic rings. The van der Waals surface area contributed by atoms with Gasteiger partial charge in [0.1, 0.15) is 0 Å². The molecule has 3 amide bonds. The first-order chi connectivity index (χ1) is 15.6. The molecule has 0 saturated carbocycles. The molecule has 2 aliphatic rings. The fourth-order valence-electron chi connectivity index (χ4n) is 4.38. The molecule has 2 aliphatic heterocycles. The standard InChI is InChI=1S/C25H29N5O2/c26-18-20-6-8-21(9-7-20)19-28-14-16-29(17-15-28)24(31)22-10-12-30(13-11-22)25(32)27-23-4-2-1-3-5-23/h1-9,22H,10-17,19H2,(H,27,32). The third kappa shape index (κ3) is 5.45. The highest BCUT2D eigenvalue weighted by atomic mass is 16.2. The van der Waals surface area contributed by atoms with Gasteiger partial charge in [-0.2, -0.15) is 5.26 Å². The highest BCUT2D eigenvalue weighted by molar-refractivity contribution is 5.89. The number of urea groups is 1. The summed E-state index contributed by atoms with van der Waals surface area (Å²) >= 11 is 0. The van der Waals surface area contributed by atoms with Crippen LogP contribution in [0.4, 0.5) is 10.5 Å². The minimum absolute atomic E-state index is 0.000788. The van der Waals surface area contributed by atoms with Crippen molar-refractivity contribution in [2.45, 2.75) is 19.4 Å². The lowest BCUT2D eigenvalue weighted by Gasteiger charge is -2.38. The molecule has 2 aromatic carbocycles. The highest BCUT2D eigenvalue weighted by Crippen LogP contribution is 2.22. The van der Waals surface area contributed by atoms with Gasteiger partial charge < -0.3 is 15.1 Å². The molecule has 7 nitrogen and oxygen atoms in total. The number of para-hydroxylation sites is 1. The van der Waals surface area contributed by atoms with Crippen LogP contribution >= 0.6 is 0 Å². The van der Waals surface area contributed by atoms with Crippen LogP contribution in [0, 0.1) is 17.2 Å². The van der Waals surface area contributed by atoms with Gasteiger partial charge in [0.05, 0.1) is 11.6 Å². The van der Waals surface area contributed by atoms with Crippen molar-refractivity contribution < 1.29 is 9.59 Å². The van der Waals surface area contributed by atoms with Gasteiger partial charge in [-0.1, -0.05) is 30.3 Å². The number of carbonyl (C=O) groups is 2. The lowest BCUT2D eigenvalue weighted by Crippen LogP contribution is -2.51. The van der Waals surface area contributed by atoms with Crippen LogP contribution in [0.1, 0.15) is 24.0 Å². The molecule has 2 heterocycles. The Kier molecular flexibility index (Phi) is 7.03. The number of rotatable bonds is 4. The second-order valence-corrected chi connectivity index (χ2v) is 8.47. The Labute approximate surface area is 189 Å². The predicted molar refractivity (Wildman–Crippen MR) is 123 cm³/mol. The van der Waals surface area contributed by atoms with Gasteiger partial charge in [-0.05, 0) is 42.7 Å². The number of anilines is 1. The average Bonchev–Trinajstić information content (AvgIpc) is 2.85. The molecule has 1 N–H and O–H groups in total. The van der Waals surface area contributed by atoms with Crippen LogP contribution in [0.15, 0.2) is 54.6 Å². The van der Waals surface area contributed by atoms with Crippen molar-refractivity contribution in [3.05, 3.63) is 65.7 Å². The zero-order valence-corrected chi connectivity index (χ0v) is 18.2. The van der Waals surface area contributed by atoms with E-state index in [2.05, 4.69) is 16.3 Å². The number of nitrogens with zero attached hydrogens (tertiary/aromatic N) is 4. The number of nitriles is 1. The Morgan fingerprint density at radius 3 is 2.16 bits per heavy atom. The van der Waals surface area contributed by atoms with Crippen molar-refractivity contribution in [2.24, 2.45) is 5.92 Å². The van der Waals surface area contributed by atoms with Crippen molar-refractivity contribution in [3.63, 3.8) is 0 Å². The van der Waals surface area contributed by atoms with Gasteiger partial charge >= 0.3 is 6.03 Å². The number of hydrogen-bond acceptors (Lipinski definition) is 4. The van der Waals surface area contributed by atoms with E-state index in [4.69, 9.17) is 5.26 Å². The minimum atomic E-state index is -0.0986. The van der Waals surface area contributed by atoms with Crippen LogP contribution < -0.4 is 5.32 Å². The summed E-state index contributed by atoms with van der Waals surface area (Å²) in [4.78, 5) is 31.6. The third-order valence-electron chi connectivity index (χ3n) is 6.33. The number of carbonyl (C=O) groups excluding carboxylic acids is 2. The second-order valence-electron chi connectivity index (χ2n) is 8.47. The van der Waals surface area contributed by atoms with Gasteiger partial charge in [-0.3, -0.25) is 9.69 Å². The van der Waals surface area contributed by atoms with Crippen LogP contribution in [-0.2, 0) is 11.3 Å². The van der Waals surface area contributed by atoms with Crippen molar-refractivity contribution >= 4 is 17.6 Å². The summed E-state index contributed by atoms with van der Waals surface area (Å²) in [5.74, 6) is 0.229. The molecule has 7 heteroatoms. The van der Waals surface area contributed by atoms with Gasteiger partial charge in [0.15, 0.2) is 0 Å². The Bertz CT molecular complexity index is 954. The molecule has 4 rings (SSSR count). The highest BCUT2D eigenvalue weighted by Gasteiger charge is 2.31. The molecule has 32 heavy (non-hydrogen) atoms. The SMILES string of the molecule is N#Cc1ccc(CN2CCN(C(=O)C3CCN(C(=O)Nc4ccccc4)CC3)CC2)cc1. The number of amides is 3. The molecule has 0 aliphatic carbocycles.